The van der Waals surface area contributed by atoms with Crippen LogP contribution in [0.1, 0.15) is 39.8 Å². The summed E-state index contributed by atoms with van der Waals surface area (Å²) < 4.78 is 6.27. The van der Waals surface area contributed by atoms with Gasteiger partial charge < -0.3 is 4.74 Å². The van der Waals surface area contributed by atoms with Gasteiger partial charge in [0.25, 0.3) is 0 Å². The molecule has 0 fully saturated rings. The second-order valence-electron chi connectivity index (χ2n) is 5.56. The summed E-state index contributed by atoms with van der Waals surface area (Å²) in [5, 5.41) is 0. The highest BCUT2D eigenvalue weighted by Crippen LogP contribution is 2.39. The fraction of sp³-hybridized carbons (Fsp3) is 0.571. The standard InChI is InChI=1S/C14H20N2O/c1-5-14(13(2,3)4)10-15-9-11-12(17-14)7-6-8-16-11/h6-9H,5,10H2,1-4H3/t14-/m0/s1. The van der Waals surface area contributed by atoms with E-state index < -0.39 is 0 Å². The third kappa shape index (κ3) is 2.06. The molecule has 0 saturated carbocycles. The van der Waals surface area contributed by atoms with E-state index in [1.54, 1.807) is 6.20 Å². The van der Waals surface area contributed by atoms with Gasteiger partial charge in [-0.05, 0) is 18.6 Å². The molecule has 2 rings (SSSR count). The van der Waals surface area contributed by atoms with Gasteiger partial charge in [-0.25, -0.2) is 0 Å². The monoisotopic (exact) mass is 232 g/mol. The highest BCUT2D eigenvalue weighted by molar-refractivity contribution is 5.81. The molecular weight excluding hydrogens is 212 g/mol. The number of rotatable bonds is 1. The lowest BCUT2D eigenvalue weighted by Gasteiger charge is -2.42. The zero-order valence-corrected chi connectivity index (χ0v) is 11.0. The number of aliphatic imine (C=N–C) groups is 1. The Morgan fingerprint density at radius 3 is 2.82 bits per heavy atom. The predicted molar refractivity (Wildman–Crippen MR) is 69.8 cm³/mol. The number of pyridine rings is 1. The molecule has 0 N–H and O–H groups in total. The molecule has 0 saturated heterocycles. The summed E-state index contributed by atoms with van der Waals surface area (Å²) in [4.78, 5) is 8.78. The van der Waals surface area contributed by atoms with Crippen molar-refractivity contribution in [3.63, 3.8) is 0 Å². The largest absolute Gasteiger partial charge is 0.482 e. The second kappa shape index (κ2) is 4.13. The number of aromatic nitrogens is 1. The van der Waals surface area contributed by atoms with Crippen molar-refractivity contribution in [3.05, 3.63) is 24.0 Å². The summed E-state index contributed by atoms with van der Waals surface area (Å²) in [7, 11) is 0. The summed E-state index contributed by atoms with van der Waals surface area (Å²) in [6.45, 7) is 9.44. The molecule has 17 heavy (non-hydrogen) atoms. The summed E-state index contributed by atoms with van der Waals surface area (Å²) in [6.07, 6.45) is 4.52. The second-order valence-corrected chi connectivity index (χ2v) is 5.56. The highest BCUT2D eigenvalue weighted by atomic mass is 16.5. The van der Waals surface area contributed by atoms with Gasteiger partial charge in [0.05, 0.1) is 12.8 Å². The van der Waals surface area contributed by atoms with Crippen molar-refractivity contribution in [2.45, 2.75) is 39.7 Å². The molecule has 0 bridgehead atoms. The number of ether oxygens (including phenoxy) is 1. The Hall–Kier alpha value is -1.38. The molecule has 0 amide bonds. The van der Waals surface area contributed by atoms with Gasteiger partial charge in [-0.3, -0.25) is 9.98 Å². The van der Waals surface area contributed by atoms with Gasteiger partial charge in [0.2, 0.25) is 0 Å². The minimum atomic E-state index is -0.252. The first-order valence-electron chi connectivity index (χ1n) is 6.12. The molecule has 92 valence electrons. The van der Waals surface area contributed by atoms with Gasteiger partial charge in [0.1, 0.15) is 17.0 Å². The zero-order chi connectivity index (χ0) is 12.5. The van der Waals surface area contributed by atoms with Gasteiger partial charge in [0.15, 0.2) is 0 Å². The molecule has 0 aliphatic carbocycles. The minimum absolute atomic E-state index is 0.0382. The Bertz CT molecular complexity index is 434. The number of nitrogens with zero attached hydrogens (tertiary/aromatic N) is 2. The maximum absolute atomic E-state index is 6.27. The van der Waals surface area contributed by atoms with E-state index in [9.17, 15) is 0 Å². The summed E-state index contributed by atoms with van der Waals surface area (Å²) in [5.74, 6) is 0.838. The fourth-order valence-corrected chi connectivity index (χ4v) is 2.21. The van der Waals surface area contributed by atoms with Crippen LogP contribution in [-0.2, 0) is 0 Å². The molecule has 1 atom stereocenters. The van der Waals surface area contributed by atoms with E-state index >= 15 is 0 Å². The van der Waals surface area contributed by atoms with Crippen molar-refractivity contribution in [2.75, 3.05) is 6.54 Å². The first-order valence-corrected chi connectivity index (χ1v) is 6.12. The third-order valence-electron chi connectivity index (χ3n) is 3.60. The van der Waals surface area contributed by atoms with Crippen molar-refractivity contribution in [3.8, 4) is 5.75 Å². The molecule has 0 radical (unpaired) electrons. The van der Waals surface area contributed by atoms with Gasteiger partial charge in [-0.1, -0.05) is 27.7 Å². The maximum Gasteiger partial charge on any atom is 0.147 e. The molecule has 1 aromatic heterocycles. The van der Waals surface area contributed by atoms with E-state index in [1.165, 1.54) is 0 Å². The quantitative estimate of drug-likeness (QED) is 0.745. The van der Waals surface area contributed by atoms with E-state index in [2.05, 4.69) is 37.7 Å². The van der Waals surface area contributed by atoms with Gasteiger partial charge in [0, 0.05) is 11.6 Å². The third-order valence-corrected chi connectivity index (χ3v) is 3.60. The molecule has 2 heterocycles. The predicted octanol–water partition coefficient (Wildman–Crippen LogP) is 3.09. The van der Waals surface area contributed by atoms with Gasteiger partial charge in [-0.2, -0.15) is 0 Å². The minimum Gasteiger partial charge on any atom is -0.482 e. The average Bonchev–Trinajstić information content (AvgIpc) is 2.47. The van der Waals surface area contributed by atoms with E-state index in [0.717, 1.165) is 17.9 Å². The molecule has 3 nitrogen and oxygen atoms in total. The first-order chi connectivity index (χ1) is 7.98. The lowest BCUT2D eigenvalue weighted by atomic mass is 9.74. The van der Waals surface area contributed by atoms with Crippen molar-refractivity contribution < 1.29 is 4.74 Å². The van der Waals surface area contributed by atoms with Crippen LogP contribution in [0, 0.1) is 5.41 Å². The van der Waals surface area contributed by atoms with Crippen molar-refractivity contribution >= 4 is 6.21 Å². The Morgan fingerprint density at radius 2 is 2.18 bits per heavy atom. The van der Waals surface area contributed by atoms with E-state index in [-0.39, 0.29) is 11.0 Å². The Balaban J connectivity index is 2.45. The number of fused-ring (bicyclic) bond motifs is 1. The van der Waals surface area contributed by atoms with Crippen LogP contribution < -0.4 is 4.74 Å². The lowest BCUT2D eigenvalue weighted by Crippen LogP contribution is -2.50. The normalized spacial score (nSPS) is 23.8. The van der Waals surface area contributed by atoms with Crippen molar-refractivity contribution in [2.24, 2.45) is 10.4 Å². The molecule has 0 aromatic carbocycles. The SMILES string of the molecule is CC[C@@]1(C(C)(C)C)CN=Cc2ncccc2O1. The van der Waals surface area contributed by atoms with Crippen LogP contribution in [0.3, 0.4) is 0 Å². The van der Waals surface area contributed by atoms with Gasteiger partial charge >= 0.3 is 0 Å². The average molecular weight is 232 g/mol. The Kier molecular flexibility index (Phi) is 2.94. The van der Waals surface area contributed by atoms with Crippen LogP contribution in [0.15, 0.2) is 23.3 Å². The summed E-state index contributed by atoms with van der Waals surface area (Å²) >= 11 is 0. The highest BCUT2D eigenvalue weighted by Gasteiger charge is 2.43. The number of hydrogen-bond acceptors (Lipinski definition) is 3. The fourth-order valence-electron chi connectivity index (χ4n) is 2.21. The maximum atomic E-state index is 6.27. The van der Waals surface area contributed by atoms with Crippen molar-refractivity contribution in [1.29, 1.82) is 0 Å². The van der Waals surface area contributed by atoms with E-state index in [4.69, 9.17) is 4.74 Å². The van der Waals surface area contributed by atoms with Gasteiger partial charge in [-0.15, -0.1) is 0 Å². The molecule has 1 aliphatic heterocycles. The van der Waals surface area contributed by atoms with Crippen LogP contribution in [0.2, 0.25) is 0 Å². The topological polar surface area (TPSA) is 34.5 Å². The summed E-state index contributed by atoms with van der Waals surface area (Å²) in [5.41, 5.74) is 0.612. The lowest BCUT2D eigenvalue weighted by molar-refractivity contribution is -0.0269. The molecule has 1 aromatic rings. The molecular formula is C14H20N2O. The zero-order valence-electron chi connectivity index (χ0n) is 11.0. The summed E-state index contributed by atoms with van der Waals surface area (Å²) in [6, 6.07) is 3.87. The molecule has 0 spiro atoms. The Morgan fingerprint density at radius 1 is 1.41 bits per heavy atom. The smallest absolute Gasteiger partial charge is 0.147 e. The molecule has 3 heteroatoms. The van der Waals surface area contributed by atoms with Crippen LogP contribution in [-0.4, -0.2) is 23.3 Å². The first kappa shape index (κ1) is 12.1. The van der Waals surface area contributed by atoms with Crippen molar-refractivity contribution in [1.82, 2.24) is 4.98 Å². The van der Waals surface area contributed by atoms with E-state index in [1.807, 2.05) is 18.3 Å². The molecule has 1 aliphatic rings. The van der Waals surface area contributed by atoms with Crippen LogP contribution in [0.4, 0.5) is 0 Å². The van der Waals surface area contributed by atoms with Crippen LogP contribution in [0.25, 0.3) is 0 Å². The van der Waals surface area contributed by atoms with Crippen LogP contribution in [0.5, 0.6) is 5.75 Å². The van der Waals surface area contributed by atoms with E-state index in [0.29, 0.717) is 6.54 Å². The van der Waals surface area contributed by atoms with Crippen LogP contribution >= 0.6 is 0 Å². The molecule has 0 unspecified atom stereocenters. The Labute approximate surface area is 103 Å². The number of hydrogen-bond donors (Lipinski definition) is 0.